The van der Waals surface area contributed by atoms with E-state index in [9.17, 15) is 4.79 Å². The van der Waals surface area contributed by atoms with Crippen molar-refractivity contribution in [3.63, 3.8) is 0 Å². The summed E-state index contributed by atoms with van der Waals surface area (Å²) in [7, 11) is 0. The van der Waals surface area contributed by atoms with Gasteiger partial charge in [-0.15, -0.1) is 13.2 Å². The van der Waals surface area contributed by atoms with Crippen LogP contribution in [0.4, 0.5) is 0 Å². The highest BCUT2D eigenvalue weighted by Gasteiger charge is 2.48. The predicted octanol–water partition coefficient (Wildman–Crippen LogP) is 3.74. The number of hydrogen-bond acceptors (Lipinski definition) is 3. The summed E-state index contributed by atoms with van der Waals surface area (Å²) in [6.45, 7) is 8.86. The minimum Gasteiger partial charge on any atom is -0.368 e. The topological polar surface area (TPSA) is 38.8 Å². The SMILES string of the molecule is C=CCN1C(=O)[C@@H](OCc2ccccc2)[C@H](OCc2ccccc2)[C@H]1C=C. The van der Waals surface area contributed by atoms with E-state index >= 15 is 0 Å². The summed E-state index contributed by atoms with van der Waals surface area (Å²) in [5.41, 5.74) is 2.07. The fraction of sp³-hybridized carbons (Fsp3) is 0.261. The fourth-order valence-electron chi connectivity index (χ4n) is 3.30. The molecular weight excluding hydrogens is 338 g/mol. The lowest BCUT2D eigenvalue weighted by Crippen LogP contribution is -2.36. The third-order valence-electron chi connectivity index (χ3n) is 4.65. The number of rotatable bonds is 9. The first kappa shape index (κ1) is 19.1. The molecule has 27 heavy (non-hydrogen) atoms. The lowest BCUT2D eigenvalue weighted by atomic mass is 10.1. The lowest BCUT2D eigenvalue weighted by molar-refractivity contribution is -0.142. The van der Waals surface area contributed by atoms with Gasteiger partial charge in [-0.3, -0.25) is 4.79 Å². The summed E-state index contributed by atoms with van der Waals surface area (Å²) in [6, 6.07) is 19.5. The number of ether oxygens (including phenoxy) is 2. The Bertz CT molecular complexity index is 760. The number of amides is 1. The van der Waals surface area contributed by atoms with Gasteiger partial charge in [0, 0.05) is 6.54 Å². The molecule has 1 aliphatic heterocycles. The summed E-state index contributed by atoms with van der Waals surface area (Å²) >= 11 is 0. The Balaban J connectivity index is 1.76. The third-order valence-corrected chi connectivity index (χ3v) is 4.65. The molecule has 4 nitrogen and oxygen atoms in total. The highest BCUT2D eigenvalue weighted by molar-refractivity contribution is 5.85. The van der Waals surface area contributed by atoms with E-state index in [0.717, 1.165) is 11.1 Å². The van der Waals surface area contributed by atoms with Crippen molar-refractivity contribution in [2.75, 3.05) is 6.54 Å². The van der Waals surface area contributed by atoms with Crippen LogP contribution in [0.5, 0.6) is 0 Å². The van der Waals surface area contributed by atoms with E-state index in [1.54, 1.807) is 17.1 Å². The smallest absolute Gasteiger partial charge is 0.255 e. The first-order valence-electron chi connectivity index (χ1n) is 9.09. The van der Waals surface area contributed by atoms with Gasteiger partial charge in [0.15, 0.2) is 6.10 Å². The van der Waals surface area contributed by atoms with Gasteiger partial charge in [-0.1, -0.05) is 72.8 Å². The van der Waals surface area contributed by atoms with E-state index in [2.05, 4.69) is 13.2 Å². The highest BCUT2D eigenvalue weighted by Crippen LogP contribution is 2.28. The number of likely N-dealkylation sites (tertiary alicyclic amines) is 1. The van der Waals surface area contributed by atoms with Crippen LogP contribution in [0.2, 0.25) is 0 Å². The van der Waals surface area contributed by atoms with Crippen molar-refractivity contribution in [3.8, 4) is 0 Å². The molecular formula is C23H25NO3. The van der Waals surface area contributed by atoms with E-state index < -0.39 is 12.2 Å². The van der Waals surface area contributed by atoms with Gasteiger partial charge in [0.05, 0.1) is 19.3 Å². The minimum atomic E-state index is -0.670. The van der Waals surface area contributed by atoms with Crippen molar-refractivity contribution in [2.45, 2.75) is 31.5 Å². The van der Waals surface area contributed by atoms with Crippen molar-refractivity contribution < 1.29 is 14.3 Å². The molecule has 0 radical (unpaired) electrons. The zero-order valence-electron chi connectivity index (χ0n) is 15.4. The van der Waals surface area contributed by atoms with Crippen molar-refractivity contribution in [3.05, 3.63) is 97.1 Å². The van der Waals surface area contributed by atoms with Crippen LogP contribution in [0.25, 0.3) is 0 Å². The molecule has 0 aliphatic carbocycles. The second-order valence-electron chi connectivity index (χ2n) is 6.48. The molecule has 2 aromatic rings. The van der Waals surface area contributed by atoms with Crippen LogP contribution in [0.3, 0.4) is 0 Å². The van der Waals surface area contributed by atoms with Crippen LogP contribution in [-0.4, -0.2) is 35.6 Å². The number of hydrogen-bond donors (Lipinski definition) is 0. The van der Waals surface area contributed by atoms with Crippen molar-refractivity contribution in [2.24, 2.45) is 0 Å². The van der Waals surface area contributed by atoms with Crippen molar-refractivity contribution in [1.29, 1.82) is 0 Å². The Kier molecular flexibility index (Phi) is 6.58. The van der Waals surface area contributed by atoms with E-state index in [4.69, 9.17) is 9.47 Å². The third kappa shape index (κ3) is 4.54. The molecule has 1 aliphatic rings. The van der Waals surface area contributed by atoms with E-state index in [-0.39, 0.29) is 11.9 Å². The van der Waals surface area contributed by atoms with Crippen LogP contribution < -0.4 is 0 Å². The molecule has 0 aromatic heterocycles. The highest BCUT2D eigenvalue weighted by atomic mass is 16.5. The van der Waals surface area contributed by atoms with Crippen LogP contribution in [-0.2, 0) is 27.5 Å². The molecule has 0 spiro atoms. The molecule has 0 bridgehead atoms. The average Bonchev–Trinajstić information content (AvgIpc) is 2.97. The molecule has 0 unspecified atom stereocenters. The van der Waals surface area contributed by atoms with E-state index in [1.165, 1.54) is 0 Å². The second kappa shape index (κ2) is 9.31. The number of carbonyl (C=O) groups excluding carboxylic acids is 1. The fourth-order valence-corrected chi connectivity index (χ4v) is 3.30. The zero-order chi connectivity index (χ0) is 19.1. The molecule has 1 saturated heterocycles. The largest absolute Gasteiger partial charge is 0.368 e. The molecule has 3 rings (SSSR count). The molecule has 2 aromatic carbocycles. The Morgan fingerprint density at radius 3 is 1.96 bits per heavy atom. The maximum Gasteiger partial charge on any atom is 0.255 e. The van der Waals surface area contributed by atoms with Gasteiger partial charge in [0.2, 0.25) is 0 Å². The minimum absolute atomic E-state index is 0.0891. The van der Waals surface area contributed by atoms with Crippen LogP contribution in [0.15, 0.2) is 86.0 Å². The van der Waals surface area contributed by atoms with E-state index in [1.807, 2.05) is 60.7 Å². The van der Waals surface area contributed by atoms with Gasteiger partial charge < -0.3 is 14.4 Å². The molecule has 1 amide bonds. The van der Waals surface area contributed by atoms with Gasteiger partial charge in [-0.05, 0) is 11.1 Å². The number of nitrogens with zero attached hydrogens (tertiary/aromatic N) is 1. The maximum atomic E-state index is 12.9. The monoisotopic (exact) mass is 363 g/mol. The van der Waals surface area contributed by atoms with Crippen LogP contribution in [0, 0.1) is 0 Å². The molecule has 1 fully saturated rings. The Hall–Kier alpha value is -2.69. The van der Waals surface area contributed by atoms with Gasteiger partial charge >= 0.3 is 0 Å². The number of carbonyl (C=O) groups is 1. The summed E-state index contributed by atoms with van der Waals surface area (Å²) in [6.07, 6.45) is 2.38. The van der Waals surface area contributed by atoms with Crippen molar-refractivity contribution in [1.82, 2.24) is 4.90 Å². The van der Waals surface area contributed by atoms with E-state index in [0.29, 0.717) is 19.8 Å². The maximum absolute atomic E-state index is 12.9. The number of benzene rings is 2. The van der Waals surface area contributed by atoms with Crippen molar-refractivity contribution >= 4 is 5.91 Å². The first-order valence-corrected chi connectivity index (χ1v) is 9.09. The molecule has 1 heterocycles. The molecule has 0 N–H and O–H groups in total. The van der Waals surface area contributed by atoms with Gasteiger partial charge in [0.25, 0.3) is 5.91 Å². The predicted molar refractivity (Wildman–Crippen MR) is 106 cm³/mol. The van der Waals surface area contributed by atoms with Crippen LogP contribution in [0.1, 0.15) is 11.1 Å². The summed E-state index contributed by atoms with van der Waals surface area (Å²) in [5, 5.41) is 0. The summed E-state index contributed by atoms with van der Waals surface area (Å²) in [5.74, 6) is -0.0891. The van der Waals surface area contributed by atoms with Gasteiger partial charge in [-0.2, -0.15) is 0 Å². The molecule has 140 valence electrons. The van der Waals surface area contributed by atoms with Gasteiger partial charge in [0.1, 0.15) is 6.10 Å². The second-order valence-corrected chi connectivity index (χ2v) is 6.48. The van der Waals surface area contributed by atoms with Gasteiger partial charge in [-0.25, -0.2) is 0 Å². The standard InChI is InChI=1S/C23H25NO3/c1-3-15-24-20(4-2)21(26-16-18-11-7-5-8-12-18)22(23(24)25)27-17-19-13-9-6-10-14-19/h3-14,20-22H,1-2,15-17H2/t20-,21-,22+/m1/s1. The lowest BCUT2D eigenvalue weighted by Gasteiger charge is -2.24. The molecule has 3 atom stereocenters. The Morgan fingerprint density at radius 2 is 1.44 bits per heavy atom. The quantitative estimate of drug-likeness (QED) is 0.637. The zero-order valence-corrected chi connectivity index (χ0v) is 15.4. The normalized spacial score (nSPS) is 22.0. The summed E-state index contributed by atoms with van der Waals surface area (Å²) < 4.78 is 12.2. The molecule has 4 heteroatoms. The summed E-state index contributed by atoms with van der Waals surface area (Å²) in [4.78, 5) is 14.6. The first-order chi connectivity index (χ1) is 13.2. The average molecular weight is 363 g/mol. The Labute approximate surface area is 160 Å². The van der Waals surface area contributed by atoms with Crippen LogP contribution >= 0.6 is 0 Å². The Morgan fingerprint density at radius 1 is 0.889 bits per heavy atom. The molecule has 0 saturated carbocycles.